The maximum Gasteiger partial charge on any atom is 0.128 e. The summed E-state index contributed by atoms with van der Waals surface area (Å²) in [5.74, 6) is -0.189. The lowest BCUT2D eigenvalue weighted by Gasteiger charge is -2.09. The summed E-state index contributed by atoms with van der Waals surface area (Å²) < 4.78 is 14.4. The summed E-state index contributed by atoms with van der Waals surface area (Å²) in [5, 5.41) is 0. The first-order chi connectivity index (χ1) is 7.58. The Labute approximate surface area is 111 Å². The summed E-state index contributed by atoms with van der Waals surface area (Å²) in [5.41, 5.74) is 1.56. The number of thiophene rings is 1. The van der Waals surface area contributed by atoms with Crippen LogP contribution in [0.5, 0.6) is 0 Å². The number of aryl methyl sites for hydroxylation is 1. The Kier molecular flexibility index (Phi) is 3.67. The van der Waals surface area contributed by atoms with E-state index in [2.05, 4.69) is 15.9 Å². The molecule has 0 aliphatic heterocycles. The summed E-state index contributed by atoms with van der Waals surface area (Å²) >= 11 is 10.8. The van der Waals surface area contributed by atoms with E-state index in [1.165, 1.54) is 11.3 Å². The molecule has 4 heteroatoms. The fraction of sp³-hybridized carbons (Fsp3) is 0.167. The minimum Gasteiger partial charge on any atom is -0.207 e. The van der Waals surface area contributed by atoms with E-state index in [0.717, 1.165) is 10.4 Å². The number of benzene rings is 1. The van der Waals surface area contributed by atoms with Crippen LogP contribution in [0.2, 0.25) is 4.34 Å². The Bertz CT molecular complexity index is 509. The number of rotatable bonds is 2. The molecule has 0 saturated carbocycles. The third kappa shape index (κ3) is 2.47. The smallest absolute Gasteiger partial charge is 0.128 e. The van der Waals surface area contributed by atoms with Crippen LogP contribution in [0.1, 0.15) is 20.8 Å². The van der Waals surface area contributed by atoms with E-state index in [1.54, 1.807) is 12.1 Å². The number of hydrogen-bond acceptors (Lipinski definition) is 1. The minimum absolute atomic E-state index is 0.134. The van der Waals surface area contributed by atoms with Crippen molar-refractivity contribution < 1.29 is 4.39 Å². The Morgan fingerprint density at radius 1 is 1.31 bits per heavy atom. The van der Waals surface area contributed by atoms with Crippen molar-refractivity contribution in [3.8, 4) is 0 Å². The van der Waals surface area contributed by atoms with Crippen molar-refractivity contribution in [1.82, 2.24) is 0 Å². The molecule has 0 nitrogen and oxygen atoms in total. The Hall–Kier alpha value is -0.380. The second-order valence-corrected chi connectivity index (χ2v) is 6.19. The maximum atomic E-state index is 13.7. The molecule has 0 amide bonds. The van der Waals surface area contributed by atoms with E-state index in [1.807, 2.05) is 25.1 Å². The molecule has 1 aromatic carbocycles. The zero-order chi connectivity index (χ0) is 11.7. The highest BCUT2D eigenvalue weighted by Crippen LogP contribution is 2.37. The molecule has 0 saturated heterocycles. The SMILES string of the molecule is Cc1ccc(C(Br)c2ccc(Cl)s2)c(F)c1. The zero-order valence-corrected chi connectivity index (χ0v) is 11.7. The number of alkyl halides is 1. The molecule has 0 radical (unpaired) electrons. The lowest BCUT2D eigenvalue weighted by molar-refractivity contribution is 0.613. The van der Waals surface area contributed by atoms with Gasteiger partial charge in [0.2, 0.25) is 0 Å². The third-order valence-electron chi connectivity index (χ3n) is 2.27. The van der Waals surface area contributed by atoms with Crippen LogP contribution in [-0.2, 0) is 0 Å². The van der Waals surface area contributed by atoms with Crippen LogP contribution in [0.3, 0.4) is 0 Å². The van der Waals surface area contributed by atoms with Gasteiger partial charge >= 0.3 is 0 Å². The average Bonchev–Trinajstić information content (AvgIpc) is 2.64. The van der Waals surface area contributed by atoms with Crippen LogP contribution >= 0.6 is 38.9 Å². The van der Waals surface area contributed by atoms with Crippen LogP contribution in [0.15, 0.2) is 30.3 Å². The van der Waals surface area contributed by atoms with E-state index in [4.69, 9.17) is 11.6 Å². The van der Waals surface area contributed by atoms with Crippen LogP contribution in [0.4, 0.5) is 4.39 Å². The molecule has 1 atom stereocenters. The number of hydrogen-bond donors (Lipinski definition) is 0. The fourth-order valence-corrected chi connectivity index (χ4v) is 3.32. The van der Waals surface area contributed by atoms with E-state index in [9.17, 15) is 4.39 Å². The van der Waals surface area contributed by atoms with Crippen LogP contribution in [0.25, 0.3) is 0 Å². The molecular weight excluding hydrogens is 311 g/mol. The molecule has 0 aliphatic carbocycles. The van der Waals surface area contributed by atoms with E-state index < -0.39 is 0 Å². The minimum atomic E-state index is -0.189. The van der Waals surface area contributed by atoms with Gasteiger partial charge in [-0.2, -0.15) is 0 Å². The highest BCUT2D eigenvalue weighted by Gasteiger charge is 2.16. The predicted octanol–water partition coefficient (Wildman–Crippen LogP) is 5.33. The van der Waals surface area contributed by atoms with Gasteiger partial charge in [-0.1, -0.05) is 39.7 Å². The molecular formula is C12H9BrClFS. The van der Waals surface area contributed by atoms with Gasteiger partial charge in [0, 0.05) is 10.4 Å². The van der Waals surface area contributed by atoms with Gasteiger partial charge in [-0.05, 0) is 30.7 Å². The summed E-state index contributed by atoms with van der Waals surface area (Å²) in [6.07, 6.45) is 0. The standard InChI is InChI=1S/C12H9BrClFS/c1-7-2-3-8(9(15)6-7)12(13)10-4-5-11(14)16-10/h2-6,12H,1H3. The van der Waals surface area contributed by atoms with E-state index >= 15 is 0 Å². The molecule has 0 aliphatic rings. The lowest BCUT2D eigenvalue weighted by atomic mass is 10.1. The van der Waals surface area contributed by atoms with E-state index in [-0.39, 0.29) is 10.6 Å². The van der Waals surface area contributed by atoms with Gasteiger partial charge in [0.15, 0.2) is 0 Å². The van der Waals surface area contributed by atoms with Crippen LogP contribution in [-0.4, -0.2) is 0 Å². The van der Waals surface area contributed by atoms with Crippen molar-refractivity contribution in [1.29, 1.82) is 0 Å². The van der Waals surface area contributed by atoms with E-state index in [0.29, 0.717) is 9.90 Å². The molecule has 1 unspecified atom stereocenters. The van der Waals surface area contributed by atoms with Gasteiger partial charge in [0.05, 0.1) is 9.16 Å². The normalized spacial score (nSPS) is 12.8. The highest BCUT2D eigenvalue weighted by atomic mass is 79.9. The molecule has 1 heterocycles. The summed E-state index contributed by atoms with van der Waals surface area (Å²) in [6, 6.07) is 8.98. The Balaban J connectivity index is 2.37. The van der Waals surface area contributed by atoms with Gasteiger partial charge in [-0.25, -0.2) is 4.39 Å². The van der Waals surface area contributed by atoms with Gasteiger partial charge < -0.3 is 0 Å². The highest BCUT2D eigenvalue weighted by molar-refractivity contribution is 9.09. The van der Waals surface area contributed by atoms with Gasteiger partial charge in [0.25, 0.3) is 0 Å². The molecule has 2 rings (SSSR count). The molecule has 0 fully saturated rings. The van der Waals surface area contributed by atoms with Gasteiger partial charge in [-0.15, -0.1) is 11.3 Å². The van der Waals surface area contributed by atoms with Crippen molar-refractivity contribution in [3.63, 3.8) is 0 Å². The third-order valence-corrected chi connectivity index (χ3v) is 4.86. The average molecular weight is 320 g/mol. The van der Waals surface area contributed by atoms with Crippen molar-refractivity contribution in [2.24, 2.45) is 0 Å². The molecule has 0 N–H and O–H groups in total. The molecule has 0 spiro atoms. The number of halogens is 3. The van der Waals surface area contributed by atoms with Crippen LogP contribution in [0, 0.1) is 12.7 Å². The molecule has 16 heavy (non-hydrogen) atoms. The molecule has 0 bridgehead atoms. The van der Waals surface area contributed by atoms with Crippen LogP contribution < -0.4 is 0 Å². The first kappa shape index (κ1) is 12.1. The summed E-state index contributed by atoms with van der Waals surface area (Å²) in [6.45, 7) is 1.87. The fourth-order valence-electron chi connectivity index (χ4n) is 1.46. The van der Waals surface area contributed by atoms with Crippen molar-refractivity contribution in [3.05, 3.63) is 56.5 Å². The van der Waals surface area contributed by atoms with Gasteiger partial charge in [-0.3, -0.25) is 0 Å². The summed E-state index contributed by atoms with van der Waals surface area (Å²) in [7, 11) is 0. The second kappa shape index (κ2) is 4.86. The summed E-state index contributed by atoms with van der Waals surface area (Å²) in [4.78, 5) is 0.873. The molecule has 2 aromatic rings. The van der Waals surface area contributed by atoms with Crippen molar-refractivity contribution >= 4 is 38.9 Å². The van der Waals surface area contributed by atoms with Crippen molar-refractivity contribution in [2.45, 2.75) is 11.8 Å². The largest absolute Gasteiger partial charge is 0.207 e. The first-order valence-electron chi connectivity index (χ1n) is 4.73. The Morgan fingerprint density at radius 2 is 2.06 bits per heavy atom. The quantitative estimate of drug-likeness (QED) is 0.656. The lowest BCUT2D eigenvalue weighted by Crippen LogP contribution is -1.94. The van der Waals surface area contributed by atoms with Gasteiger partial charge in [0.1, 0.15) is 5.82 Å². The zero-order valence-electron chi connectivity index (χ0n) is 8.51. The predicted molar refractivity (Wildman–Crippen MR) is 71.2 cm³/mol. The van der Waals surface area contributed by atoms with Crippen molar-refractivity contribution in [2.75, 3.05) is 0 Å². The molecule has 1 aromatic heterocycles. The molecule has 84 valence electrons. The first-order valence-corrected chi connectivity index (χ1v) is 6.84. The second-order valence-electron chi connectivity index (χ2n) is 3.53. The topological polar surface area (TPSA) is 0 Å². The maximum absolute atomic E-state index is 13.7. The Morgan fingerprint density at radius 3 is 2.62 bits per heavy atom. The monoisotopic (exact) mass is 318 g/mol.